The largest absolute Gasteiger partial charge is 0.394 e. The van der Waals surface area contributed by atoms with E-state index in [0.29, 0.717) is 11.8 Å². The fourth-order valence-corrected chi connectivity index (χ4v) is 2.55. The number of hydrogen-bond acceptors (Lipinski definition) is 3. The molecule has 0 saturated heterocycles. The Morgan fingerprint density at radius 3 is 2.43 bits per heavy atom. The van der Waals surface area contributed by atoms with E-state index in [9.17, 15) is 0 Å². The first-order valence-corrected chi connectivity index (χ1v) is 7.61. The SMILES string of the molecule is CC(C)c1nn(C)c(NCCC(C)c2ccccc2)c1N. The summed E-state index contributed by atoms with van der Waals surface area (Å²) >= 11 is 0. The van der Waals surface area contributed by atoms with Crippen LogP contribution >= 0.6 is 0 Å². The third-order valence-corrected chi connectivity index (χ3v) is 3.90. The minimum Gasteiger partial charge on any atom is -0.394 e. The molecule has 2 rings (SSSR count). The van der Waals surface area contributed by atoms with Gasteiger partial charge in [0.1, 0.15) is 5.82 Å². The Kier molecular flexibility index (Phi) is 4.89. The van der Waals surface area contributed by atoms with Crippen LogP contribution in [0.4, 0.5) is 11.5 Å². The van der Waals surface area contributed by atoms with E-state index >= 15 is 0 Å². The molecule has 0 aliphatic carbocycles. The van der Waals surface area contributed by atoms with Gasteiger partial charge >= 0.3 is 0 Å². The van der Waals surface area contributed by atoms with Gasteiger partial charge in [0.15, 0.2) is 0 Å². The van der Waals surface area contributed by atoms with E-state index in [-0.39, 0.29) is 0 Å². The van der Waals surface area contributed by atoms with Crippen LogP contribution in [-0.2, 0) is 7.05 Å². The first kappa shape index (κ1) is 15.4. The second-order valence-corrected chi connectivity index (χ2v) is 5.95. The quantitative estimate of drug-likeness (QED) is 0.850. The summed E-state index contributed by atoms with van der Waals surface area (Å²) < 4.78 is 1.85. The molecule has 0 amide bonds. The Hall–Kier alpha value is -1.97. The molecule has 0 aliphatic heterocycles. The van der Waals surface area contributed by atoms with Crippen LogP contribution in [0, 0.1) is 0 Å². The highest BCUT2D eigenvalue weighted by molar-refractivity contribution is 5.65. The van der Waals surface area contributed by atoms with Crippen molar-refractivity contribution in [1.29, 1.82) is 0 Å². The molecule has 4 nitrogen and oxygen atoms in total. The van der Waals surface area contributed by atoms with E-state index in [1.807, 2.05) is 11.7 Å². The predicted molar refractivity (Wildman–Crippen MR) is 89.7 cm³/mol. The van der Waals surface area contributed by atoms with Crippen LogP contribution in [0.5, 0.6) is 0 Å². The smallest absolute Gasteiger partial charge is 0.147 e. The number of hydrogen-bond donors (Lipinski definition) is 2. The molecule has 2 aromatic rings. The molecule has 0 aliphatic rings. The number of nitrogens with two attached hydrogens (primary N) is 1. The summed E-state index contributed by atoms with van der Waals surface area (Å²) in [6, 6.07) is 10.6. The minimum atomic E-state index is 0.343. The molecule has 4 heteroatoms. The summed E-state index contributed by atoms with van der Waals surface area (Å²) in [5, 5.41) is 7.93. The van der Waals surface area contributed by atoms with E-state index in [1.165, 1.54) is 5.56 Å². The average Bonchev–Trinajstić information content (AvgIpc) is 2.76. The maximum atomic E-state index is 6.19. The minimum absolute atomic E-state index is 0.343. The standard InChI is InChI=1S/C17H26N4/c1-12(2)16-15(18)17(21(4)20-16)19-11-10-13(3)14-8-6-5-7-9-14/h5-9,12-13,19H,10-11,18H2,1-4H3. The first-order valence-electron chi connectivity index (χ1n) is 7.61. The zero-order chi connectivity index (χ0) is 15.4. The maximum absolute atomic E-state index is 6.19. The molecule has 3 N–H and O–H groups in total. The second kappa shape index (κ2) is 6.66. The van der Waals surface area contributed by atoms with Crippen molar-refractivity contribution in [1.82, 2.24) is 9.78 Å². The van der Waals surface area contributed by atoms with Crippen molar-refractivity contribution in [3.8, 4) is 0 Å². The number of rotatable bonds is 6. The third-order valence-electron chi connectivity index (χ3n) is 3.90. The van der Waals surface area contributed by atoms with E-state index in [1.54, 1.807) is 0 Å². The van der Waals surface area contributed by atoms with Crippen molar-refractivity contribution in [2.75, 3.05) is 17.6 Å². The van der Waals surface area contributed by atoms with Gasteiger partial charge in [-0.1, -0.05) is 51.1 Å². The van der Waals surface area contributed by atoms with Crippen molar-refractivity contribution in [3.63, 3.8) is 0 Å². The summed E-state index contributed by atoms with van der Waals surface area (Å²) in [5.41, 5.74) is 9.31. The lowest BCUT2D eigenvalue weighted by Crippen LogP contribution is -2.10. The van der Waals surface area contributed by atoms with Gasteiger partial charge in [-0.05, 0) is 23.8 Å². The Labute approximate surface area is 127 Å². The highest BCUT2D eigenvalue weighted by atomic mass is 15.3. The number of aromatic nitrogens is 2. The highest BCUT2D eigenvalue weighted by Crippen LogP contribution is 2.28. The van der Waals surface area contributed by atoms with Crippen molar-refractivity contribution in [2.45, 2.75) is 39.0 Å². The number of anilines is 2. The molecule has 0 saturated carbocycles. The van der Waals surface area contributed by atoms with Gasteiger partial charge in [-0.2, -0.15) is 5.10 Å². The van der Waals surface area contributed by atoms with Gasteiger partial charge in [0, 0.05) is 13.6 Å². The lowest BCUT2D eigenvalue weighted by atomic mass is 9.98. The lowest BCUT2D eigenvalue weighted by molar-refractivity contribution is 0.688. The van der Waals surface area contributed by atoms with Crippen LogP contribution < -0.4 is 11.1 Å². The van der Waals surface area contributed by atoms with Crippen LogP contribution in [0.25, 0.3) is 0 Å². The molecule has 1 aromatic heterocycles. The molecule has 1 atom stereocenters. The summed E-state index contributed by atoms with van der Waals surface area (Å²) in [4.78, 5) is 0. The summed E-state index contributed by atoms with van der Waals surface area (Å²) in [5.74, 6) is 1.80. The van der Waals surface area contributed by atoms with Crippen LogP contribution in [0.1, 0.15) is 50.3 Å². The molecule has 1 heterocycles. The average molecular weight is 286 g/mol. The Balaban J connectivity index is 1.95. The molecule has 1 aromatic carbocycles. The van der Waals surface area contributed by atoms with Gasteiger partial charge in [0.2, 0.25) is 0 Å². The number of benzene rings is 1. The predicted octanol–water partition coefficient (Wildman–Crippen LogP) is 3.73. The topological polar surface area (TPSA) is 55.9 Å². The van der Waals surface area contributed by atoms with E-state index in [0.717, 1.165) is 30.2 Å². The van der Waals surface area contributed by atoms with Crippen molar-refractivity contribution in [2.24, 2.45) is 7.05 Å². The molecule has 0 bridgehead atoms. The van der Waals surface area contributed by atoms with Gasteiger partial charge in [-0.25, -0.2) is 0 Å². The van der Waals surface area contributed by atoms with E-state index < -0.39 is 0 Å². The van der Waals surface area contributed by atoms with Crippen LogP contribution in [0.15, 0.2) is 30.3 Å². The van der Waals surface area contributed by atoms with Crippen LogP contribution in [-0.4, -0.2) is 16.3 Å². The number of aryl methyl sites for hydroxylation is 1. The summed E-state index contributed by atoms with van der Waals surface area (Å²) in [6.45, 7) is 7.36. The van der Waals surface area contributed by atoms with Gasteiger partial charge in [0.25, 0.3) is 0 Å². The zero-order valence-electron chi connectivity index (χ0n) is 13.4. The van der Waals surface area contributed by atoms with Gasteiger partial charge < -0.3 is 11.1 Å². The molecule has 0 radical (unpaired) electrons. The Bertz CT molecular complexity index is 572. The molecular weight excluding hydrogens is 260 g/mol. The number of nitrogen functional groups attached to an aromatic ring is 1. The summed E-state index contributed by atoms with van der Waals surface area (Å²) in [7, 11) is 1.94. The fraction of sp³-hybridized carbons (Fsp3) is 0.471. The monoisotopic (exact) mass is 286 g/mol. The first-order chi connectivity index (χ1) is 10.0. The van der Waals surface area contributed by atoms with E-state index in [2.05, 4.69) is 61.5 Å². The lowest BCUT2D eigenvalue weighted by Gasteiger charge is -2.13. The van der Waals surface area contributed by atoms with Gasteiger partial charge in [-0.3, -0.25) is 4.68 Å². The molecule has 0 fully saturated rings. The molecule has 21 heavy (non-hydrogen) atoms. The van der Waals surface area contributed by atoms with Crippen LogP contribution in [0.2, 0.25) is 0 Å². The van der Waals surface area contributed by atoms with Crippen LogP contribution in [0.3, 0.4) is 0 Å². The van der Waals surface area contributed by atoms with Crippen molar-refractivity contribution >= 4 is 11.5 Å². The van der Waals surface area contributed by atoms with E-state index in [4.69, 9.17) is 5.73 Å². The summed E-state index contributed by atoms with van der Waals surface area (Å²) in [6.07, 6.45) is 1.06. The van der Waals surface area contributed by atoms with Crippen molar-refractivity contribution < 1.29 is 0 Å². The fourth-order valence-electron chi connectivity index (χ4n) is 2.55. The normalized spacial score (nSPS) is 12.6. The number of nitrogens with one attached hydrogen (secondary N) is 1. The molecular formula is C17H26N4. The number of nitrogens with zero attached hydrogens (tertiary/aromatic N) is 2. The third kappa shape index (κ3) is 3.57. The van der Waals surface area contributed by atoms with Crippen molar-refractivity contribution in [3.05, 3.63) is 41.6 Å². The zero-order valence-corrected chi connectivity index (χ0v) is 13.4. The second-order valence-electron chi connectivity index (χ2n) is 5.95. The molecule has 114 valence electrons. The van der Waals surface area contributed by atoms with Gasteiger partial charge in [0.05, 0.1) is 11.4 Å². The maximum Gasteiger partial charge on any atom is 0.147 e. The van der Waals surface area contributed by atoms with Gasteiger partial charge in [-0.15, -0.1) is 0 Å². The molecule has 1 unspecified atom stereocenters. The highest BCUT2D eigenvalue weighted by Gasteiger charge is 2.15. The Morgan fingerprint density at radius 1 is 1.19 bits per heavy atom. The Morgan fingerprint density at radius 2 is 1.86 bits per heavy atom. The molecule has 0 spiro atoms.